The highest BCUT2D eigenvalue weighted by atomic mass is 16.3. The van der Waals surface area contributed by atoms with Gasteiger partial charge < -0.3 is 10.8 Å². The standard InChI is InChI=1S/C14H20N2O2/c1-14(2,13(15)18)16-12-5-3-4-9-8-10(17)6-7-11(9)12/h6-8,12,16-17H,3-5H2,1-2H3,(H2,15,18). The molecule has 0 aliphatic heterocycles. The van der Waals surface area contributed by atoms with Crippen molar-refractivity contribution >= 4 is 5.91 Å². The Hall–Kier alpha value is -1.55. The van der Waals surface area contributed by atoms with E-state index in [1.165, 1.54) is 0 Å². The summed E-state index contributed by atoms with van der Waals surface area (Å²) < 4.78 is 0. The van der Waals surface area contributed by atoms with Gasteiger partial charge in [0.25, 0.3) is 0 Å². The fraction of sp³-hybridized carbons (Fsp3) is 0.500. The second kappa shape index (κ2) is 4.61. The second-order valence-corrected chi connectivity index (χ2v) is 5.46. The lowest BCUT2D eigenvalue weighted by Gasteiger charge is -2.33. The van der Waals surface area contributed by atoms with Crippen LogP contribution in [0.4, 0.5) is 0 Å². The van der Waals surface area contributed by atoms with Crippen molar-refractivity contribution in [2.45, 2.75) is 44.7 Å². The molecule has 0 heterocycles. The lowest BCUT2D eigenvalue weighted by molar-refractivity contribution is -0.123. The maximum Gasteiger partial charge on any atom is 0.237 e. The molecular weight excluding hydrogens is 228 g/mol. The average molecular weight is 248 g/mol. The maximum atomic E-state index is 11.4. The maximum absolute atomic E-state index is 11.4. The quantitative estimate of drug-likeness (QED) is 0.761. The Bertz CT molecular complexity index is 469. The monoisotopic (exact) mass is 248 g/mol. The van der Waals surface area contributed by atoms with Gasteiger partial charge in [-0.1, -0.05) is 6.07 Å². The zero-order valence-corrected chi connectivity index (χ0v) is 10.9. The molecular formula is C14H20N2O2. The van der Waals surface area contributed by atoms with Gasteiger partial charge in [-0.3, -0.25) is 10.1 Å². The summed E-state index contributed by atoms with van der Waals surface area (Å²) in [5.74, 6) is -0.0584. The molecule has 0 saturated heterocycles. The van der Waals surface area contributed by atoms with Gasteiger partial charge >= 0.3 is 0 Å². The van der Waals surface area contributed by atoms with Gasteiger partial charge in [0.05, 0.1) is 5.54 Å². The smallest absolute Gasteiger partial charge is 0.237 e. The van der Waals surface area contributed by atoms with Gasteiger partial charge in [0, 0.05) is 6.04 Å². The number of phenols is 1. The Balaban J connectivity index is 2.25. The van der Waals surface area contributed by atoms with Gasteiger partial charge in [-0.2, -0.15) is 0 Å². The summed E-state index contributed by atoms with van der Waals surface area (Å²) in [5, 5.41) is 12.8. The molecule has 4 nitrogen and oxygen atoms in total. The van der Waals surface area contributed by atoms with Crippen LogP contribution in [0.3, 0.4) is 0 Å². The molecule has 1 aromatic carbocycles. The largest absolute Gasteiger partial charge is 0.508 e. The van der Waals surface area contributed by atoms with Gasteiger partial charge in [0.15, 0.2) is 0 Å². The molecule has 0 bridgehead atoms. The number of nitrogens with one attached hydrogen (secondary N) is 1. The van der Waals surface area contributed by atoms with E-state index in [9.17, 15) is 9.90 Å². The van der Waals surface area contributed by atoms with Crippen molar-refractivity contribution in [2.75, 3.05) is 0 Å². The third-order valence-electron chi connectivity index (χ3n) is 3.59. The number of amides is 1. The summed E-state index contributed by atoms with van der Waals surface area (Å²) in [6.07, 6.45) is 3.00. The third kappa shape index (κ3) is 2.48. The number of aromatic hydroxyl groups is 1. The van der Waals surface area contributed by atoms with E-state index in [0.717, 1.165) is 30.4 Å². The van der Waals surface area contributed by atoms with Gasteiger partial charge in [-0.25, -0.2) is 0 Å². The van der Waals surface area contributed by atoms with Crippen LogP contribution < -0.4 is 11.1 Å². The number of benzene rings is 1. The van der Waals surface area contributed by atoms with E-state index >= 15 is 0 Å². The van der Waals surface area contributed by atoms with Crippen LogP contribution in [-0.4, -0.2) is 16.6 Å². The summed E-state index contributed by atoms with van der Waals surface area (Å²) in [7, 11) is 0. The van der Waals surface area contributed by atoms with Gasteiger partial charge in [-0.05, 0) is 56.4 Å². The van der Waals surface area contributed by atoms with Crippen LogP contribution in [0.5, 0.6) is 5.75 Å². The van der Waals surface area contributed by atoms with Crippen molar-refractivity contribution in [2.24, 2.45) is 5.73 Å². The first kappa shape index (κ1) is 12.9. The molecule has 1 aliphatic rings. The number of nitrogens with two attached hydrogens (primary N) is 1. The first-order chi connectivity index (χ1) is 8.40. The second-order valence-electron chi connectivity index (χ2n) is 5.46. The number of aryl methyl sites for hydroxylation is 1. The molecule has 98 valence electrons. The van der Waals surface area contributed by atoms with E-state index in [-0.39, 0.29) is 11.9 Å². The van der Waals surface area contributed by atoms with Crippen LogP contribution in [-0.2, 0) is 11.2 Å². The highest BCUT2D eigenvalue weighted by Crippen LogP contribution is 2.33. The number of fused-ring (bicyclic) bond motifs is 1. The van der Waals surface area contributed by atoms with E-state index in [1.807, 2.05) is 6.07 Å². The van der Waals surface area contributed by atoms with Crippen molar-refractivity contribution in [3.63, 3.8) is 0 Å². The fourth-order valence-electron chi connectivity index (χ4n) is 2.46. The Morgan fingerprint density at radius 3 is 2.89 bits per heavy atom. The minimum Gasteiger partial charge on any atom is -0.508 e. The molecule has 1 aromatic rings. The number of carbonyl (C=O) groups is 1. The van der Waals surface area contributed by atoms with Crippen LogP contribution >= 0.6 is 0 Å². The summed E-state index contributed by atoms with van der Waals surface area (Å²) in [6, 6.07) is 5.55. The Morgan fingerprint density at radius 1 is 1.50 bits per heavy atom. The van der Waals surface area contributed by atoms with Crippen LogP contribution in [0, 0.1) is 0 Å². The zero-order valence-electron chi connectivity index (χ0n) is 10.9. The van der Waals surface area contributed by atoms with Crippen molar-refractivity contribution in [3.8, 4) is 5.75 Å². The molecule has 1 aliphatic carbocycles. The molecule has 4 N–H and O–H groups in total. The van der Waals surface area contributed by atoms with E-state index in [0.29, 0.717) is 5.75 Å². The van der Waals surface area contributed by atoms with Crippen molar-refractivity contribution in [1.82, 2.24) is 5.32 Å². The molecule has 18 heavy (non-hydrogen) atoms. The number of rotatable bonds is 3. The number of carbonyl (C=O) groups excluding carboxylic acids is 1. The molecule has 0 spiro atoms. The normalized spacial score (nSPS) is 19.3. The van der Waals surface area contributed by atoms with E-state index in [1.54, 1.807) is 26.0 Å². The van der Waals surface area contributed by atoms with Gasteiger partial charge in [0.1, 0.15) is 5.75 Å². The SMILES string of the molecule is CC(C)(NC1CCCc2cc(O)ccc21)C(N)=O. The average Bonchev–Trinajstić information content (AvgIpc) is 2.28. The summed E-state index contributed by atoms with van der Waals surface area (Å²) >= 11 is 0. The summed E-state index contributed by atoms with van der Waals surface area (Å²) in [5.41, 5.74) is 6.98. The van der Waals surface area contributed by atoms with E-state index in [2.05, 4.69) is 5.32 Å². The summed E-state index contributed by atoms with van der Waals surface area (Å²) in [6.45, 7) is 3.59. The zero-order chi connectivity index (χ0) is 13.3. The molecule has 4 heteroatoms. The molecule has 0 radical (unpaired) electrons. The topological polar surface area (TPSA) is 75.3 Å². The Morgan fingerprint density at radius 2 is 2.22 bits per heavy atom. The van der Waals surface area contributed by atoms with Crippen LogP contribution in [0.2, 0.25) is 0 Å². The van der Waals surface area contributed by atoms with Crippen molar-refractivity contribution in [1.29, 1.82) is 0 Å². The van der Waals surface area contributed by atoms with Crippen LogP contribution in [0.1, 0.15) is 43.9 Å². The third-order valence-corrected chi connectivity index (χ3v) is 3.59. The predicted molar refractivity (Wildman–Crippen MR) is 70.2 cm³/mol. The molecule has 2 rings (SSSR count). The fourth-order valence-corrected chi connectivity index (χ4v) is 2.46. The number of phenolic OH excluding ortho intramolecular Hbond substituents is 1. The van der Waals surface area contributed by atoms with Crippen molar-refractivity contribution < 1.29 is 9.90 Å². The Kier molecular flexibility index (Phi) is 3.30. The molecule has 0 fully saturated rings. The first-order valence-corrected chi connectivity index (χ1v) is 6.29. The van der Waals surface area contributed by atoms with Crippen LogP contribution in [0.15, 0.2) is 18.2 Å². The highest BCUT2D eigenvalue weighted by molar-refractivity contribution is 5.83. The van der Waals surface area contributed by atoms with E-state index < -0.39 is 5.54 Å². The minimum atomic E-state index is -0.725. The molecule has 0 aromatic heterocycles. The molecule has 1 unspecified atom stereocenters. The number of primary amides is 1. The van der Waals surface area contributed by atoms with Crippen LogP contribution in [0.25, 0.3) is 0 Å². The van der Waals surface area contributed by atoms with Gasteiger partial charge in [0.2, 0.25) is 5.91 Å². The number of hydrogen-bond acceptors (Lipinski definition) is 3. The van der Waals surface area contributed by atoms with Crippen molar-refractivity contribution in [3.05, 3.63) is 29.3 Å². The molecule has 1 amide bonds. The minimum absolute atomic E-state index is 0.122. The highest BCUT2D eigenvalue weighted by Gasteiger charge is 2.30. The van der Waals surface area contributed by atoms with Gasteiger partial charge in [-0.15, -0.1) is 0 Å². The Labute approximate surface area is 107 Å². The summed E-state index contributed by atoms with van der Waals surface area (Å²) in [4.78, 5) is 11.4. The lowest BCUT2D eigenvalue weighted by Crippen LogP contribution is -2.52. The number of hydrogen-bond donors (Lipinski definition) is 3. The predicted octanol–water partition coefficient (Wildman–Crippen LogP) is 1.62. The van der Waals surface area contributed by atoms with E-state index in [4.69, 9.17) is 5.73 Å². The molecule has 0 saturated carbocycles. The first-order valence-electron chi connectivity index (χ1n) is 6.29. The molecule has 1 atom stereocenters. The lowest BCUT2D eigenvalue weighted by atomic mass is 9.86.